The van der Waals surface area contributed by atoms with Crippen molar-refractivity contribution in [1.82, 2.24) is 10.9 Å². The number of benzene rings is 2. The summed E-state index contributed by atoms with van der Waals surface area (Å²) in [6, 6.07) is 12.2. The molecule has 0 bridgehead atoms. The number of carbonyl (C=O) groups is 2. The first kappa shape index (κ1) is 17.4. The number of amides is 2. The second-order valence-corrected chi connectivity index (χ2v) is 6.19. The predicted octanol–water partition coefficient (Wildman–Crippen LogP) is 3.25. The molecule has 5 nitrogen and oxygen atoms in total. The minimum atomic E-state index is -0.449. The SMILES string of the molecule is COc1cc(SC)ccc1C(=O)NNC(=O)c1ccccc1Br. The van der Waals surface area contributed by atoms with Crippen molar-refractivity contribution < 1.29 is 14.3 Å². The van der Waals surface area contributed by atoms with Gasteiger partial charge in [0.1, 0.15) is 5.75 Å². The van der Waals surface area contributed by atoms with E-state index < -0.39 is 11.8 Å². The van der Waals surface area contributed by atoms with Crippen molar-refractivity contribution in [2.45, 2.75) is 4.90 Å². The molecule has 0 aliphatic carbocycles. The fourth-order valence-electron chi connectivity index (χ4n) is 1.88. The molecule has 120 valence electrons. The normalized spacial score (nSPS) is 10.0. The van der Waals surface area contributed by atoms with E-state index in [0.717, 1.165) is 4.90 Å². The van der Waals surface area contributed by atoms with Gasteiger partial charge in [-0.2, -0.15) is 0 Å². The topological polar surface area (TPSA) is 67.4 Å². The molecule has 0 atom stereocenters. The largest absolute Gasteiger partial charge is 0.496 e. The molecule has 0 saturated carbocycles. The molecule has 0 fully saturated rings. The van der Waals surface area contributed by atoms with E-state index in [1.54, 1.807) is 48.2 Å². The van der Waals surface area contributed by atoms with Crippen LogP contribution in [0.3, 0.4) is 0 Å². The Bertz CT molecular complexity index is 737. The van der Waals surface area contributed by atoms with Gasteiger partial charge in [-0.15, -0.1) is 11.8 Å². The molecular weight excluding hydrogens is 380 g/mol. The molecule has 0 aromatic heterocycles. The molecule has 0 aliphatic rings. The summed E-state index contributed by atoms with van der Waals surface area (Å²) in [5.41, 5.74) is 5.55. The summed E-state index contributed by atoms with van der Waals surface area (Å²) in [6.45, 7) is 0. The fraction of sp³-hybridized carbons (Fsp3) is 0.125. The van der Waals surface area contributed by atoms with Gasteiger partial charge in [0, 0.05) is 9.37 Å². The highest BCUT2D eigenvalue weighted by atomic mass is 79.9. The predicted molar refractivity (Wildman–Crippen MR) is 93.8 cm³/mol. The van der Waals surface area contributed by atoms with Gasteiger partial charge < -0.3 is 4.74 Å². The lowest BCUT2D eigenvalue weighted by Crippen LogP contribution is -2.41. The van der Waals surface area contributed by atoms with E-state index in [1.165, 1.54) is 7.11 Å². The highest BCUT2D eigenvalue weighted by molar-refractivity contribution is 9.10. The molecule has 0 radical (unpaired) electrons. The van der Waals surface area contributed by atoms with Crippen LogP contribution in [0.2, 0.25) is 0 Å². The second-order valence-electron chi connectivity index (χ2n) is 4.45. The van der Waals surface area contributed by atoms with Crippen LogP contribution in [-0.2, 0) is 0 Å². The van der Waals surface area contributed by atoms with E-state index >= 15 is 0 Å². The summed E-state index contributed by atoms with van der Waals surface area (Å²) >= 11 is 4.84. The highest BCUT2D eigenvalue weighted by Gasteiger charge is 2.15. The van der Waals surface area contributed by atoms with E-state index in [-0.39, 0.29) is 0 Å². The summed E-state index contributed by atoms with van der Waals surface area (Å²) in [5.74, 6) is -0.412. The Morgan fingerprint density at radius 2 is 1.70 bits per heavy atom. The number of halogens is 1. The molecule has 2 aromatic carbocycles. The number of rotatable bonds is 4. The molecule has 23 heavy (non-hydrogen) atoms. The highest BCUT2D eigenvalue weighted by Crippen LogP contribution is 2.25. The molecule has 0 spiro atoms. The zero-order valence-corrected chi connectivity index (χ0v) is 15.0. The number of ether oxygens (including phenoxy) is 1. The maximum absolute atomic E-state index is 12.2. The summed E-state index contributed by atoms with van der Waals surface area (Å²) in [6.07, 6.45) is 1.94. The van der Waals surface area contributed by atoms with Crippen LogP contribution in [0.1, 0.15) is 20.7 Å². The molecule has 2 N–H and O–H groups in total. The van der Waals surface area contributed by atoms with Crippen LogP contribution in [0.5, 0.6) is 5.75 Å². The lowest BCUT2D eigenvalue weighted by Gasteiger charge is -2.11. The first-order valence-electron chi connectivity index (χ1n) is 6.64. The number of hydrogen-bond donors (Lipinski definition) is 2. The van der Waals surface area contributed by atoms with Gasteiger partial charge in [-0.1, -0.05) is 12.1 Å². The van der Waals surface area contributed by atoms with Gasteiger partial charge in [0.05, 0.1) is 18.2 Å². The third kappa shape index (κ3) is 4.27. The number of carbonyl (C=O) groups excluding carboxylic acids is 2. The first-order valence-corrected chi connectivity index (χ1v) is 8.66. The van der Waals surface area contributed by atoms with E-state index in [0.29, 0.717) is 21.3 Å². The van der Waals surface area contributed by atoms with Gasteiger partial charge in [0.2, 0.25) is 0 Å². The van der Waals surface area contributed by atoms with Crippen LogP contribution in [0, 0.1) is 0 Å². The fourth-order valence-corrected chi connectivity index (χ4v) is 2.77. The van der Waals surface area contributed by atoms with Crippen LogP contribution in [-0.4, -0.2) is 25.2 Å². The Kier molecular flexibility index (Phi) is 6.06. The molecule has 0 unspecified atom stereocenters. The summed E-state index contributed by atoms with van der Waals surface area (Å²) in [4.78, 5) is 25.3. The Balaban J connectivity index is 2.08. The number of methoxy groups -OCH3 is 1. The smallest absolute Gasteiger partial charge is 0.273 e. The van der Waals surface area contributed by atoms with Gasteiger partial charge in [-0.3, -0.25) is 20.4 Å². The van der Waals surface area contributed by atoms with Crippen molar-refractivity contribution in [2.75, 3.05) is 13.4 Å². The number of hydrogen-bond acceptors (Lipinski definition) is 4. The van der Waals surface area contributed by atoms with Crippen LogP contribution in [0.4, 0.5) is 0 Å². The second kappa shape index (κ2) is 8.03. The molecule has 0 saturated heterocycles. The average molecular weight is 395 g/mol. The Hall–Kier alpha value is -1.99. The monoisotopic (exact) mass is 394 g/mol. The molecular formula is C16H15BrN2O3S. The third-order valence-electron chi connectivity index (χ3n) is 3.06. The van der Waals surface area contributed by atoms with Crippen molar-refractivity contribution in [3.8, 4) is 5.75 Å². The molecule has 7 heteroatoms. The molecule has 0 aliphatic heterocycles. The van der Waals surface area contributed by atoms with E-state index in [4.69, 9.17) is 4.74 Å². The maximum Gasteiger partial charge on any atom is 0.273 e. The standard InChI is InChI=1S/C16H15BrN2O3S/c1-22-14-9-10(23-2)7-8-12(14)16(21)19-18-15(20)11-5-3-4-6-13(11)17/h3-9H,1-2H3,(H,18,20)(H,19,21). The van der Waals surface area contributed by atoms with E-state index in [1.807, 2.05) is 12.3 Å². The van der Waals surface area contributed by atoms with Crippen molar-refractivity contribution >= 4 is 39.5 Å². The van der Waals surface area contributed by atoms with Gasteiger partial charge in [0.25, 0.3) is 11.8 Å². The third-order valence-corrected chi connectivity index (χ3v) is 4.48. The van der Waals surface area contributed by atoms with Gasteiger partial charge in [0.15, 0.2) is 0 Å². The Morgan fingerprint density at radius 1 is 1.04 bits per heavy atom. The maximum atomic E-state index is 12.2. The van der Waals surface area contributed by atoms with Crippen LogP contribution in [0.25, 0.3) is 0 Å². The van der Waals surface area contributed by atoms with Crippen LogP contribution >= 0.6 is 27.7 Å². The van der Waals surface area contributed by atoms with E-state index in [2.05, 4.69) is 26.8 Å². The lowest BCUT2D eigenvalue weighted by atomic mass is 10.2. The summed E-state index contributed by atoms with van der Waals surface area (Å²) in [5, 5.41) is 0. The zero-order chi connectivity index (χ0) is 16.8. The minimum absolute atomic E-state index is 0.345. The average Bonchev–Trinajstić information content (AvgIpc) is 2.59. The zero-order valence-electron chi connectivity index (χ0n) is 12.6. The van der Waals surface area contributed by atoms with Gasteiger partial charge >= 0.3 is 0 Å². The number of hydrazine groups is 1. The van der Waals surface area contributed by atoms with Crippen molar-refractivity contribution in [3.05, 3.63) is 58.1 Å². The van der Waals surface area contributed by atoms with Crippen LogP contribution < -0.4 is 15.6 Å². The van der Waals surface area contributed by atoms with E-state index in [9.17, 15) is 9.59 Å². The Labute approximate surface area is 146 Å². The molecule has 0 heterocycles. The Morgan fingerprint density at radius 3 is 2.30 bits per heavy atom. The molecule has 2 rings (SSSR count). The van der Waals surface area contributed by atoms with Crippen molar-refractivity contribution in [1.29, 1.82) is 0 Å². The summed E-state index contributed by atoms with van der Waals surface area (Å²) in [7, 11) is 1.50. The lowest BCUT2D eigenvalue weighted by molar-refractivity contribution is 0.0844. The number of thioether (sulfide) groups is 1. The minimum Gasteiger partial charge on any atom is -0.496 e. The van der Waals surface area contributed by atoms with Crippen LogP contribution in [0.15, 0.2) is 51.8 Å². The molecule has 2 aromatic rings. The first-order chi connectivity index (χ1) is 11.1. The van der Waals surface area contributed by atoms with Crippen molar-refractivity contribution in [2.24, 2.45) is 0 Å². The number of nitrogens with one attached hydrogen (secondary N) is 2. The van der Waals surface area contributed by atoms with Gasteiger partial charge in [-0.25, -0.2) is 0 Å². The van der Waals surface area contributed by atoms with Gasteiger partial charge in [-0.05, 0) is 52.5 Å². The quantitative estimate of drug-likeness (QED) is 0.616. The van der Waals surface area contributed by atoms with Crippen molar-refractivity contribution in [3.63, 3.8) is 0 Å². The summed E-state index contributed by atoms with van der Waals surface area (Å²) < 4.78 is 5.87. The molecule has 2 amide bonds.